The highest BCUT2D eigenvalue weighted by molar-refractivity contribution is 7.11. The third-order valence-corrected chi connectivity index (χ3v) is 4.99. The number of pyridine rings is 1. The molecule has 3 rings (SSSR count). The van der Waals surface area contributed by atoms with Crippen molar-refractivity contribution >= 4 is 17.4 Å². The SMILES string of the molecule is COc1nc(C)ccc1CNC(=O)NC(c1ncc(C)s1)C1CC1. The number of hydrogen-bond donors (Lipinski definition) is 2. The zero-order valence-corrected chi connectivity index (χ0v) is 14.9. The van der Waals surface area contributed by atoms with Gasteiger partial charge in [-0.15, -0.1) is 11.3 Å². The van der Waals surface area contributed by atoms with E-state index < -0.39 is 0 Å². The number of methoxy groups -OCH3 is 1. The fourth-order valence-electron chi connectivity index (χ4n) is 2.57. The van der Waals surface area contributed by atoms with E-state index in [4.69, 9.17) is 4.74 Å². The third-order valence-electron chi connectivity index (χ3n) is 4.00. The number of hydrogen-bond acceptors (Lipinski definition) is 5. The predicted molar refractivity (Wildman–Crippen MR) is 93.2 cm³/mol. The molecule has 1 aliphatic rings. The van der Waals surface area contributed by atoms with Gasteiger partial charge in [0.2, 0.25) is 5.88 Å². The molecular weight excluding hydrogens is 324 g/mol. The van der Waals surface area contributed by atoms with Crippen molar-refractivity contribution in [3.8, 4) is 5.88 Å². The number of thiazole rings is 1. The van der Waals surface area contributed by atoms with Crippen LogP contribution in [0.4, 0.5) is 4.79 Å². The molecule has 0 spiro atoms. The molecule has 128 valence electrons. The van der Waals surface area contributed by atoms with Crippen LogP contribution in [0.15, 0.2) is 18.3 Å². The molecule has 1 aliphatic carbocycles. The quantitative estimate of drug-likeness (QED) is 0.843. The van der Waals surface area contributed by atoms with Crippen LogP contribution < -0.4 is 15.4 Å². The summed E-state index contributed by atoms with van der Waals surface area (Å²) in [5.41, 5.74) is 1.74. The van der Waals surface area contributed by atoms with Crippen molar-refractivity contribution in [2.45, 2.75) is 39.3 Å². The molecule has 0 bridgehead atoms. The molecule has 1 saturated carbocycles. The fraction of sp³-hybridized carbons (Fsp3) is 0.471. The average molecular weight is 346 g/mol. The van der Waals surface area contributed by atoms with Crippen molar-refractivity contribution in [1.82, 2.24) is 20.6 Å². The number of amides is 2. The molecule has 2 N–H and O–H groups in total. The number of rotatable bonds is 6. The zero-order valence-electron chi connectivity index (χ0n) is 14.1. The molecule has 0 aromatic carbocycles. The van der Waals surface area contributed by atoms with E-state index in [0.717, 1.165) is 34.0 Å². The minimum atomic E-state index is -0.192. The normalized spacial score (nSPS) is 15.0. The van der Waals surface area contributed by atoms with Crippen LogP contribution >= 0.6 is 11.3 Å². The van der Waals surface area contributed by atoms with Gasteiger partial charge in [-0.2, -0.15) is 0 Å². The lowest BCUT2D eigenvalue weighted by Crippen LogP contribution is -2.38. The van der Waals surface area contributed by atoms with Gasteiger partial charge < -0.3 is 15.4 Å². The van der Waals surface area contributed by atoms with Crippen LogP contribution in [-0.2, 0) is 6.54 Å². The average Bonchev–Trinajstić information content (AvgIpc) is 3.32. The van der Waals surface area contributed by atoms with Gasteiger partial charge in [0.15, 0.2) is 0 Å². The second-order valence-electron chi connectivity index (χ2n) is 6.07. The Morgan fingerprint density at radius 2 is 2.21 bits per heavy atom. The summed E-state index contributed by atoms with van der Waals surface area (Å²) in [6.45, 7) is 4.31. The molecule has 0 saturated heterocycles. The summed E-state index contributed by atoms with van der Waals surface area (Å²) in [5, 5.41) is 6.94. The monoisotopic (exact) mass is 346 g/mol. The molecule has 1 fully saturated rings. The summed E-state index contributed by atoms with van der Waals surface area (Å²) in [6, 6.07) is 3.64. The van der Waals surface area contributed by atoms with Gasteiger partial charge in [0.1, 0.15) is 5.01 Å². The first-order chi connectivity index (χ1) is 11.6. The van der Waals surface area contributed by atoms with E-state index >= 15 is 0 Å². The number of nitrogens with one attached hydrogen (secondary N) is 2. The van der Waals surface area contributed by atoms with Crippen molar-refractivity contribution in [3.63, 3.8) is 0 Å². The van der Waals surface area contributed by atoms with Crippen LogP contribution in [0.2, 0.25) is 0 Å². The lowest BCUT2D eigenvalue weighted by molar-refractivity contribution is 0.235. The molecule has 1 atom stereocenters. The minimum absolute atomic E-state index is 0.00161. The Hall–Kier alpha value is -2.15. The van der Waals surface area contributed by atoms with Gasteiger partial charge in [0, 0.05) is 28.9 Å². The third kappa shape index (κ3) is 4.03. The number of carbonyl (C=O) groups is 1. The van der Waals surface area contributed by atoms with Crippen molar-refractivity contribution in [1.29, 1.82) is 0 Å². The minimum Gasteiger partial charge on any atom is -0.481 e. The lowest BCUT2D eigenvalue weighted by atomic mass is 10.2. The molecule has 2 amide bonds. The Bertz CT molecular complexity index is 727. The van der Waals surface area contributed by atoms with Gasteiger partial charge in [0.05, 0.1) is 13.2 Å². The molecule has 0 radical (unpaired) electrons. The Morgan fingerprint density at radius 3 is 2.83 bits per heavy atom. The van der Waals surface area contributed by atoms with E-state index in [1.165, 1.54) is 0 Å². The predicted octanol–water partition coefficient (Wildman–Crippen LogP) is 3.11. The molecule has 2 aromatic rings. The summed E-state index contributed by atoms with van der Waals surface area (Å²) < 4.78 is 5.27. The number of aryl methyl sites for hydroxylation is 2. The number of ether oxygens (including phenoxy) is 1. The Labute approximate surface area is 145 Å². The van der Waals surface area contributed by atoms with E-state index in [-0.39, 0.29) is 12.1 Å². The van der Waals surface area contributed by atoms with Gasteiger partial charge in [-0.1, -0.05) is 6.07 Å². The first-order valence-electron chi connectivity index (χ1n) is 8.04. The van der Waals surface area contributed by atoms with Gasteiger partial charge in [-0.05, 0) is 38.7 Å². The van der Waals surface area contributed by atoms with Gasteiger partial charge in [-0.3, -0.25) is 0 Å². The van der Waals surface area contributed by atoms with Crippen LogP contribution in [-0.4, -0.2) is 23.1 Å². The molecule has 2 aromatic heterocycles. The van der Waals surface area contributed by atoms with E-state index in [2.05, 4.69) is 20.6 Å². The molecule has 7 heteroatoms. The van der Waals surface area contributed by atoms with Gasteiger partial charge in [-0.25, -0.2) is 14.8 Å². The zero-order chi connectivity index (χ0) is 17.1. The standard InChI is InChI=1S/C17H22N4O2S/c1-10-4-5-13(15(20-10)23-3)9-19-17(22)21-14(12-6-7-12)16-18-8-11(2)24-16/h4-5,8,12,14H,6-7,9H2,1-3H3,(H2,19,21,22). The maximum Gasteiger partial charge on any atom is 0.315 e. The second-order valence-corrected chi connectivity index (χ2v) is 7.34. The molecule has 24 heavy (non-hydrogen) atoms. The highest BCUT2D eigenvalue weighted by Crippen LogP contribution is 2.41. The first-order valence-corrected chi connectivity index (χ1v) is 8.85. The van der Waals surface area contributed by atoms with Crippen LogP contribution in [0, 0.1) is 19.8 Å². The number of carbonyl (C=O) groups excluding carboxylic acids is 1. The summed E-state index contributed by atoms with van der Waals surface area (Å²) in [6.07, 6.45) is 4.14. The maximum absolute atomic E-state index is 12.3. The van der Waals surface area contributed by atoms with E-state index in [0.29, 0.717) is 18.3 Å². The van der Waals surface area contributed by atoms with Crippen LogP contribution in [0.5, 0.6) is 5.88 Å². The van der Waals surface area contributed by atoms with Crippen molar-refractivity contribution in [3.05, 3.63) is 39.5 Å². The largest absolute Gasteiger partial charge is 0.481 e. The Kier molecular flexibility index (Phi) is 4.99. The summed E-state index contributed by atoms with van der Waals surface area (Å²) in [7, 11) is 1.58. The van der Waals surface area contributed by atoms with Crippen LogP contribution in [0.3, 0.4) is 0 Å². The number of aromatic nitrogens is 2. The number of nitrogens with zero attached hydrogens (tertiary/aromatic N) is 2. The summed E-state index contributed by atoms with van der Waals surface area (Å²) in [4.78, 5) is 22.2. The summed E-state index contributed by atoms with van der Waals surface area (Å²) >= 11 is 1.64. The van der Waals surface area contributed by atoms with Crippen molar-refractivity contribution in [2.75, 3.05) is 7.11 Å². The van der Waals surface area contributed by atoms with E-state index in [1.807, 2.05) is 32.2 Å². The highest BCUT2D eigenvalue weighted by atomic mass is 32.1. The molecule has 0 aliphatic heterocycles. The topological polar surface area (TPSA) is 76.1 Å². The van der Waals surface area contributed by atoms with Crippen LogP contribution in [0.1, 0.15) is 40.0 Å². The molecule has 6 nitrogen and oxygen atoms in total. The van der Waals surface area contributed by atoms with E-state index in [9.17, 15) is 4.79 Å². The molecule has 1 unspecified atom stereocenters. The van der Waals surface area contributed by atoms with Gasteiger partial charge in [0.25, 0.3) is 0 Å². The lowest BCUT2D eigenvalue weighted by Gasteiger charge is -2.17. The summed E-state index contributed by atoms with van der Waals surface area (Å²) in [5.74, 6) is 1.04. The van der Waals surface area contributed by atoms with Crippen molar-refractivity contribution < 1.29 is 9.53 Å². The van der Waals surface area contributed by atoms with E-state index in [1.54, 1.807) is 18.4 Å². The fourth-order valence-corrected chi connectivity index (χ4v) is 3.49. The Balaban J connectivity index is 1.60. The number of urea groups is 1. The maximum atomic E-state index is 12.3. The second kappa shape index (κ2) is 7.17. The Morgan fingerprint density at radius 1 is 1.42 bits per heavy atom. The van der Waals surface area contributed by atoms with Crippen molar-refractivity contribution in [2.24, 2.45) is 5.92 Å². The molecular formula is C17H22N4O2S. The van der Waals surface area contributed by atoms with Gasteiger partial charge >= 0.3 is 6.03 Å². The molecule has 2 heterocycles. The first kappa shape index (κ1) is 16.7. The highest BCUT2D eigenvalue weighted by Gasteiger charge is 2.35. The van der Waals surface area contributed by atoms with Crippen LogP contribution in [0.25, 0.3) is 0 Å². The smallest absolute Gasteiger partial charge is 0.315 e.